The lowest BCUT2D eigenvalue weighted by Crippen LogP contribution is -2.40. The molecule has 1 unspecified atom stereocenters. The molecule has 0 saturated carbocycles. The molecule has 1 rings (SSSR count). The van der Waals surface area contributed by atoms with Gasteiger partial charge in [0, 0.05) is 6.42 Å². The summed E-state index contributed by atoms with van der Waals surface area (Å²) < 4.78 is 11.8. The van der Waals surface area contributed by atoms with Crippen LogP contribution >= 0.6 is 0 Å². The van der Waals surface area contributed by atoms with Gasteiger partial charge in [-0.05, 0) is 63.2 Å². The highest BCUT2D eigenvalue weighted by atomic mass is 28.4. The smallest absolute Gasteiger partial charge is 0.308 e. The van der Waals surface area contributed by atoms with Gasteiger partial charge < -0.3 is 9.16 Å². The zero-order valence-corrected chi connectivity index (χ0v) is 17.7. The molecule has 0 radical (unpaired) electrons. The SMILES string of the molecule is CCOC(=O)C1CCCC/C=C(/O[Si](C)(C)C(C)(C)C)CCCC1. The van der Waals surface area contributed by atoms with Crippen LogP contribution in [0, 0.1) is 5.92 Å². The van der Waals surface area contributed by atoms with E-state index in [1.165, 1.54) is 5.76 Å². The van der Waals surface area contributed by atoms with Crippen molar-refractivity contribution in [3.8, 4) is 0 Å². The van der Waals surface area contributed by atoms with E-state index in [1.807, 2.05) is 6.92 Å². The van der Waals surface area contributed by atoms with Crippen molar-refractivity contribution < 1.29 is 14.0 Å². The third-order valence-corrected chi connectivity index (χ3v) is 9.80. The molecule has 0 aromatic carbocycles. The molecule has 1 aliphatic carbocycles. The van der Waals surface area contributed by atoms with Crippen LogP contribution < -0.4 is 0 Å². The summed E-state index contributed by atoms with van der Waals surface area (Å²) in [5.74, 6) is 1.28. The Hall–Kier alpha value is -0.773. The third kappa shape index (κ3) is 7.00. The van der Waals surface area contributed by atoms with Gasteiger partial charge in [-0.1, -0.05) is 33.6 Å². The Balaban J connectivity index is 2.64. The minimum absolute atomic E-state index is 0.00227. The topological polar surface area (TPSA) is 35.5 Å². The van der Waals surface area contributed by atoms with Gasteiger partial charge in [0.1, 0.15) is 0 Å². The first-order valence-electron chi connectivity index (χ1n) is 9.72. The molecule has 0 N–H and O–H groups in total. The van der Waals surface area contributed by atoms with E-state index in [2.05, 4.69) is 39.9 Å². The quantitative estimate of drug-likeness (QED) is 0.445. The Morgan fingerprint density at radius 3 is 2.38 bits per heavy atom. The highest BCUT2D eigenvalue weighted by Gasteiger charge is 2.39. The molecular weight excluding hydrogens is 316 g/mol. The number of carbonyl (C=O) groups excluding carboxylic acids is 1. The summed E-state index contributed by atoms with van der Waals surface area (Å²) in [5.41, 5.74) is 0. The second kappa shape index (κ2) is 9.64. The minimum Gasteiger partial charge on any atom is -0.547 e. The number of rotatable bonds is 4. The first-order valence-corrected chi connectivity index (χ1v) is 12.6. The van der Waals surface area contributed by atoms with Gasteiger partial charge >= 0.3 is 5.97 Å². The summed E-state index contributed by atoms with van der Waals surface area (Å²) in [4.78, 5) is 12.1. The number of hydrogen-bond donors (Lipinski definition) is 0. The van der Waals surface area contributed by atoms with Crippen LogP contribution in [0.5, 0.6) is 0 Å². The average molecular weight is 355 g/mol. The maximum atomic E-state index is 12.1. The molecule has 24 heavy (non-hydrogen) atoms. The monoisotopic (exact) mass is 354 g/mol. The van der Waals surface area contributed by atoms with Crippen molar-refractivity contribution in [2.45, 2.75) is 97.2 Å². The predicted octanol–water partition coefficient (Wildman–Crippen LogP) is 6.21. The van der Waals surface area contributed by atoms with Crippen LogP contribution in [0.15, 0.2) is 11.8 Å². The van der Waals surface area contributed by atoms with Crippen molar-refractivity contribution in [3.05, 3.63) is 11.8 Å². The van der Waals surface area contributed by atoms with E-state index < -0.39 is 8.32 Å². The van der Waals surface area contributed by atoms with Crippen LogP contribution in [-0.4, -0.2) is 20.9 Å². The first-order chi connectivity index (χ1) is 11.2. The normalized spacial score (nSPS) is 23.6. The molecule has 0 fully saturated rings. The van der Waals surface area contributed by atoms with Gasteiger partial charge in [-0.2, -0.15) is 0 Å². The van der Waals surface area contributed by atoms with E-state index in [1.54, 1.807) is 0 Å². The van der Waals surface area contributed by atoms with Gasteiger partial charge in [-0.15, -0.1) is 0 Å². The van der Waals surface area contributed by atoms with Gasteiger partial charge in [0.2, 0.25) is 8.32 Å². The Kier molecular flexibility index (Phi) is 8.55. The first kappa shape index (κ1) is 21.3. The Bertz CT molecular complexity index is 421. The molecule has 3 nitrogen and oxygen atoms in total. The second-order valence-electron chi connectivity index (χ2n) is 8.51. The van der Waals surface area contributed by atoms with Gasteiger partial charge in [0.25, 0.3) is 0 Å². The summed E-state index contributed by atoms with van der Waals surface area (Å²) in [5, 5.41) is 0.231. The molecule has 1 atom stereocenters. The highest BCUT2D eigenvalue weighted by molar-refractivity contribution is 6.74. The van der Waals surface area contributed by atoms with Crippen LogP contribution in [0.2, 0.25) is 18.1 Å². The van der Waals surface area contributed by atoms with Crippen molar-refractivity contribution in [3.63, 3.8) is 0 Å². The molecular formula is C20H38O3Si. The fourth-order valence-electron chi connectivity index (χ4n) is 2.80. The maximum absolute atomic E-state index is 12.1. The molecule has 0 bridgehead atoms. The Labute approximate surface area is 150 Å². The van der Waals surface area contributed by atoms with Gasteiger partial charge in [0.15, 0.2) is 0 Å². The van der Waals surface area contributed by atoms with Crippen LogP contribution in [-0.2, 0) is 14.0 Å². The zero-order valence-electron chi connectivity index (χ0n) is 16.7. The summed E-state index contributed by atoms with van der Waals surface area (Å²) in [6.07, 6.45) is 10.7. The summed E-state index contributed by atoms with van der Waals surface area (Å²) >= 11 is 0. The minimum atomic E-state index is -1.76. The number of allylic oxidation sites excluding steroid dienone is 2. The van der Waals surface area contributed by atoms with Crippen molar-refractivity contribution >= 4 is 14.3 Å². The van der Waals surface area contributed by atoms with Crippen LogP contribution in [0.4, 0.5) is 0 Å². The number of ether oxygens (including phenoxy) is 1. The zero-order chi connectivity index (χ0) is 18.2. The highest BCUT2D eigenvalue weighted by Crippen LogP contribution is 2.38. The molecule has 0 aromatic rings. The van der Waals surface area contributed by atoms with Crippen LogP contribution in [0.1, 0.15) is 79.1 Å². The molecule has 0 aromatic heterocycles. The standard InChI is InChI=1S/C20H38O3Si/c1-7-22-19(21)17-13-9-8-10-15-18(16-12-11-14-17)23-24(5,6)20(2,3)4/h15,17H,7-14,16H2,1-6H3/b18-15+. The molecule has 0 heterocycles. The molecule has 140 valence electrons. The fourth-order valence-corrected chi connectivity index (χ4v) is 3.95. The van der Waals surface area contributed by atoms with Crippen molar-refractivity contribution in [1.29, 1.82) is 0 Å². The predicted molar refractivity (Wildman–Crippen MR) is 103 cm³/mol. The largest absolute Gasteiger partial charge is 0.547 e. The van der Waals surface area contributed by atoms with Crippen molar-refractivity contribution in [1.82, 2.24) is 0 Å². The number of hydrogen-bond acceptors (Lipinski definition) is 3. The summed E-state index contributed by atoms with van der Waals surface area (Å²) in [7, 11) is -1.76. The lowest BCUT2D eigenvalue weighted by molar-refractivity contribution is -0.148. The van der Waals surface area contributed by atoms with Gasteiger partial charge in [-0.25, -0.2) is 0 Å². The van der Waals surface area contributed by atoms with Gasteiger partial charge in [-0.3, -0.25) is 4.79 Å². The lowest BCUT2D eigenvalue weighted by atomic mass is 9.95. The number of esters is 1. The summed E-state index contributed by atoms with van der Waals surface area (Å²) in [6.45, 7) is 13.9. The van der Waals surface area contributed by atoms with Crippen LogP contribution in [0.25, 0.3) is 0 Å². The second-order valence-corrected chi connectivity index (χ2v) is 13.2. The van der Waals surface area contributed by atoms with Crippen molar-refractivity contribution in [2.24, 2.45) is 5.92 Å². The fraction of sp³-hybridized carbons (Fsp3) is 0.850. The van der Waals surface area contributed by atoms with E-state index in [9.17, 15) is 4.79 Å². The Morgan fingerprint density at radius 1 is 1.17 bits per heavy atom. The van der Waals surface area contributed by atoms with Gasteiger partial charge in [0.05, 0.1) is 18.3 Å². The third-order valence-electron chi connectivity index (χ3n) is 5.42. The molecule has 0 spiro atoms. The van der Waals surface area contributed by atoms with E-state index in [0.29, 0.717) is 6.61 Å². The van der Waals surface area contributed by atoms with E-state index >= 15 is 0 Å². The van der Waals surface area contributed by atoms with E-state index in [-0.39, 0.29) is 16.9 Å². The molecule has 1 aliphatic rings. The molecule has 0 amide bonds. The van der Waals surface area contributed by atoms with Crippen LogP contribution in [0.3, 0.4) is 0 Å². The van der Waals surface area contributed by atoms with Crippen molar-refractivity contribution in [2.75, 3.05) is 6.61 Å². The average Bonchev–Trinajstić information content (AvgIpc) is 2.51. The van der Waals surface area contributed by atoms with E-state index in [0.717, 1.165) is 51.4 Å². The molecule has 0 aliphatic heterocycles. The lowest BCUT2D eigenvalue weighted by Gasteiger charge is -2.37. The number of carbonyl (C=O) groups is 1. The van der Waals surface area contributed by atoms with E-state index in [4.69, 9.17) is 9.16 Å². The molecule has 0 saturated heterocycles. The summed E-state index contributed by atoms with van der Waals surface area (Å²) in [6, 6.07) is 0. The maximum Gasteiger partial charge on any atom is 0.308 e. The molecule has 4 heteroatoms. The Morgan fingerprint density at radius 2 is 1.79 bits per heavy atom.